The average molecular weight is 220 g/mol. The number of hydrogen-bond donors (Lipinski definition) is 1. The van der Waals surface area contributed by atoms with Gasteiger partial charge in [-0.2, -0.15) is 5.10 Å². The van der Waals surface area contributed by atoms with Crippen molar-refractivity contribution in [2.24, 2.45) is 5.73 Å². The third-order valence-corrected chi connectivity index (χ3v) is 2.37. The van der Waals surface area contributed by atoms with Crippen molar-refractivity contribution >= 4 is 11.6 Å². The van der Waals surface area contributed by atoms with Crippen LogP contribution >= 0.6 is 0 Å². The Bertz CT molecular complexity index is 547. The standard InChI is InChI=1S/C10H12N4O2/c1-6-8(10(15)16-2)9-12-4-3-7(5-11)14(9)13-6/h3-4H,5,11H2,1-2H3. The maximum Gasteiger partial charge on any atom is 0.343 e. The summed E-state index contributed by atoms with van der Waals surface area (Å²) in [5.41, 5.74) is 7.82. The van der Waals surface area contributed by atoms with Crippen LogP contribution in [0, 0.1) is 6.92 Å². The van der Waals surface area contributed by atoms with E-state index in [2.05, 4.69) is 10.1 Å². The van der Waals surface area contributed by atoms with E-state index in [0.29, 0.717) is 23.4 Å². The number of hydrogen-bond acceptors (Lipinski definition) is 5. The van der Waals surface area contributed by atoms with Gasteiger partial charge in [-0.3, -0.25) is 0 Å². The number of rotatable bonds is 2. The Kier molecular flexibility index (Phi) is 2.57. The first-order chi connectivity index (χ1) is 7.69. The van der Waals surface area contributed by atoms with Crippen LogP contribution in [0.25, 0.3) is 5.65 Å². The second-order valence-corrected chi connectivity index (χ2v) is 3.33. The molecule has 2 N–H and O–H groups in total. The molecule has 6 heteroatoms. The van der Waals surface area contributed by atoms with Gasteiger partial charge in [-0.25, -0.2) is 14.3 Å². The minimum Gasteiger partial charge on any atom is -0.465 e. The zero-order chi connectivity index (χ0) is 11.7. The van der Waals surface area contributed by atoms with Crippen molar-refractivity contribution in [3.63, 3.8) is 0 Å². The highest BCUT2D eigenvalue weighted by Crippen LogP contribution is 2.15. The van der Waals surface area contributed by atoms with Gasteiger partial charge < -0.3 is 10.5 Å². The summed E-state index contributed by atoms with van der Waals surface area (Å²) in [6.07, 6.45) is 1.60. The number of aromatic nitrogens is 3. The van der Waals surface area contributed by atoms with Crippen molar-refractivity contribution < 1.29 is 9.53 Å². The van der Waals surface area contributed by atoms with E-state index in [1.807, 2.05) is 0 Å². The molecule has 0 saturated carbocycles. The van der Waals surface area contributed by atoms with E-state index in [9.17, 15) is 4.79 Å². The highest BCUT2D eigenvalue weighted by Gasteiger charge is 2.19. The molecule has 0 radical (unpaired) electrons. The Labute approximate surface area is 92.0 Å². The zero-order valence-electron chi connectivity index (χ0n) is 9.10. The molecular weight excluding hydrogens is 208 g/mol. The molecule has 0 aliphatic carbocycles. The fourth-order valence-electron chi connectivity index (χ4n) is 1.59. The van der Waals surface area contributed by atoms with Gasteiger partial charge in [-0.15, -0.1) is 0 Å². The number of ether oxygens (including phenoxy) is 1. The zero-order valence-corrected chi connectivity index (χ0v) is 9.10. The third kappa shape index (κ3) is 1.43. The average Bonchev–Trinajstić information content (AvgIpc) is 2.63. The number of fused-ring (bicyclic) bond motifs is 1. The van der Waals surface area contributed by atoms with Crippen LogP contribution in [-0.2, 0) is 11.3 Å². The van der Waals surface area contributed by atoms with E-state index in [1.165, 1.54) is 7.11 Å². The fraction of sp³-hybridized carbons (Fsp3) is 0.300. The molecule has 0 aliphatic rings. The van der Waals surface area contributed by atoms with Crippen LogP contribution < -0.4 is 5.73 Å². The molecule has 2 aromatic heterocycles. The summed E-state index contributed by atoms with van der Waals surface area (Å²) in [4.78, 5) is 15.7. The van der Waals surface area contributed by atoms with Gasteiger partial charge in [0, 0.05) is 12.7 Å². The number of carbonyl (C=O) groups is 1. The lowest BCUT2D eigenvalue weighted by molar-refractivity contribution is 0.0602. The van der Waals surface area contributed by atoms with Crippen molar-refractivity contribution in [1.82, 2.24) is 14.6 Å². The Hall–Kier alpha value is -1.95. The van der Waals surface area contributed by atoms with Crippen molar-refractivity contribution in [1.29, 1.82) is 0 Å². The van der Waals surface area contributed by atoms with Gasteiger partial charge in [0.2, 0.25) is 0 Å². The lowest BCUT2D eigenvalue weighted by atomic mass is 10.2. The molecule has 0 amide bonds. The summed E-state index contributed by atoms with van der Waals surface area (Å²) in [6, 6.07) is 1.76. The van der Waals surface area contributed by atoms with E-state index in [-0.39, 0.29) is 0 Å². The van der Waals surface area contributed by atoms with Crippen molar-refractivity contribution in [2.75, 3.05) is 7.11 Å². The van der Waals surface area contributed by atoms with E-state index in [1.54, 1.807) is 23.7 Å². The van der Waals surface area contributed by atoms with E-state index >= 15 is 0 Å². The second kappa shape index (κ2) is 3.90. The molecule has 2 heterocycles. The van der Waals surface area contributed by atoms with Gasteiger partial charge >= 0.3 is 5.97 Å². The Balaban J connectivity index is 2.76. The van der Waals surface area contributed by atoms with E-state index in [4.69, 9.17) is 10.5 Å². The summed E-state index contributed by atoms with van der Waals surface area (Å²) >= 11 is 0. The predicted octanol–water partition coefficient (Wildman–Crippen LogP) is 0.283. The molecule has 16 heavy (non-hydrogen) atoms. The fourth-order valence-corrected chi connectivity index (χ4v) is 1.59. The second-order valence-electron chi connectivity index (χ2n) is 3.33. The number of aryl methyl sites for hydroxylation is 1. The number of nitrogens with two attached hydrogens (primary N) is 1. The number of nitrogens with zero attached hydrogens (tertiary/aromatic N) is 3. The van der Waals surface area contributed by atoms with Crippen molar-refractivity contribution in [3.8, 4) is 0 Å². The molecule has 0 saturated heterocycles. The van der Waals surface area contributed by atoms with Crippen molar-refractivity contribution in [2.45, 2.75) is 13.5 Å². The molecule has 0 spiro atoms. The van der Waals surface area contributed by atoms with Crippen LogP contribution in [-0.4, -0.2) is 27.7 Å². The molecule has 0 bridgehead atoms. The third-order valence-electron chi connectivity index (χ3n) is 2.37. The van der Waals surface area contributed by atoms with Crippen molar-refractivity contribution in [3.05, 3.63) is 29.2 Å². The molecule has 2 rings (SSSR count). The largest absolute Gasteiger partial charge is 0.465 e. The molecular formula is C10H12N4O2. The first-order valence-electron chi connectivity index (χ1n) is 4.80. The SMILES string of the molecule is COC(=O)c1c(C)nn2c(CN)ccnc12. The normalized spacial score (nSPS) is 10.7. The Morgan fingerprint density at radius 3 is 3.00 bits per heavy atom. The highest BCUT2D eigenvalue weighted by atomic mass is 16.5. The van der Waals surface area contributed by atoms with Crippen LogP contribution in [0.2, 0.25) is 0 Å². The first kappa shape index (κ1) is 10.6. The number of carbonyl (C=O) groups excluding carboxylic acids is 1. The molecule has 84 valence electrons. The predicted molar refractivity (Wildman–Crippen MR) is 57.0 cm³/mol. The highest BCUT2D eigenvalue weighted by molar-refractivity contribution is 5.97. The lowest BCUT2D eigenvalue weighted by Crippen LogP contribution is -2.07. The lowest BCUT2D eigenvalue weighted by Gasteiger charge is -2.00. The maximum atomic E-state index is 11.6. The first-order valence-corrected chi connectivity index (χ1v) is 4.80. The quantitative estimate of drug-likeness (QED) is 0.735. The summed E-state index contributed by atoms with van der Waals surface area (Å²) in [6.45, 7) is 2.07. The molecule has 0 aliphatic heterocycles. The smallest absolute Gasteiger partial charge is 0.343 e. The van der Waals surface area contributed by atoms with Gasteiger partial charge in [0.1, 0.15) is 5.56 Å². The van der Waals surface area contributed by atoms with Gasteiger partial charge in [-0.1, -0.05) is 0 Å². The van der Waals surface area contributed by atoms with E-state index < -0.39 is 5.97 Å². The summed E-state index contributed by atoms with van der Waals surface area (Å²) in [5, 5.41) is 4.23. The van der Waals surface area contributed by atoms with Crippen LogP contribution in [0.3, 0.4) is 0 Å². The minimum atomic E-state index is -0.436. The van der Waals surface area contributed by atoms with Gasteiger partial charge in [-0.05, 0) is 13.0 Å². The molecule has 0 unspecified atom stereocenters. The molecule has 0 atom stereocenters. The van der Waals surface area contributed by atoms with Crippen LogP contribution in [0.4, 0.5) is 0 Å². The van der Waals surface area contributed by atoms with Gasteiger partial charge in [0.25, 0.3) is 0 Å². The summed E-state index contributed by atoms with van der Waals surface area (Å²) in [7, 11) is 1.33. The van der Waals surface area contributed by atoms with E-state index in [0.717, 1.165) is 5.69 Å². The Morgan fingerprint density at radius 1 is 1.62 bits per heavy atom. The topological polar surface area (TPSA) is 82.5 Å². The van der Waals surface area contributed by atoms with Gasteiger partial charge in [0.05, 0.1) is 18.5 Å². The minimum absolute atomic E-state index is 0.334. The molecule has 0 aromatic carbocycles. The summed E-state index contributed by atoms with van der Waals surface area (Å²) in [5.74, 6) is -0.436. The van der Waals surface area contributed by atoms with Crippen LogP contribution in [0.5, 0.6) is 0 Å². The van der Waals surface area contributed by atoms with Crippen LogP contribution in [0.15, 0.2) is 12.3 Å². The number of esters is 1. The molecule has 2 aromatic rings. The van der Waals surface area contributed by atoms with Gasteiger partial charge in [0.15, 0.2) is 5.65 Å². The monoisotopic (exact) mass is 220 g/mol. The molecule has 0 fully saturated rings. The Morgan fingerprint density at radius 2 is 2.38 bits per heavy atom. The maximum absolute atomic E-state index is 11.6. The number of methoxy groups -OCH3 is 1. The molecule has 6 nitrogen and oxygen atoms in total. The summed E-state index contributed by atoms with van der Waals surface area (Å²) < 4.78 is 6.26. The van der Waals surface area contributed by atoms with Crippen LogP contribution in [0.1, 0.15) is 21.7 Å².